The lowest BCUT2D eigenvalue weighted by molar-refractivity contribution is -0.141. The lowest BCUT2D eigenvalue weighted by atomic mass is 10.0. The van der Waals surface area contributed by atoms with Crippen molar-refractivity contribution in [3.8, 4) is 11.5 Å². The minimum atomic E-state index is -1.20. The number of aromatic hydroxyl groups is 2. The van der Waals surface area contributed by atoms with Crippen molar-refractivity contribution in [2.24, 2.45) is 0 Å². The Kier molecular flexibility index (Phi) is 5.78. The minimum absolute atomic E-state index is 0.0190. The molecule has 0 radical (unpaired) electrons. The molecule has 2 heterocycles. The molecule has 2 aromatic carbocycles. The van der Waals surface area contributed by atoms with Crippen molar-refractivity contribution < 1.29 is 29.3 Å². The Balaban J connectivity index is 1.48. The molecule has 0 saturated heterocycles. The SMILES string of the molecule is Cc1c(CCC(=O)NC(Cc2c[nH]c3ccc(O)cc23)C(=O)O)c(=O)oc2cc(O)ccc12. The second-order valence-corrected chi connectivity index (χ2v) is 7.88. The van der Waals surface area contributed by atoms with Crippen LogP contribution in [0, 0.1) is 6.92 Å². The monoisotopic (exact) mass is 450 g/mol. The molecule has 5 N–H and O–H groups in total. The second-order valence-electron chi connectivity index (χ2n) is 7.88. The van der Waals surface area contributed by atoms with Gasteiger partial charge in [-0.1, -0.05) is 0 Å². The van der Waals surface area contributed by atoms with E-state index in [-0.39, 0.29) is 36.3 Å². The Morgan fingerprint density at radius 1 is 1.09 bits per heavy atom. The molecule has 0 aliphatic rings. The molecule has 1 atom stereocenters. The summed E-state index contributed by atoms with van der Waals surface area (Å²) in [6, 6.07) is 8.01. The number of aromatic amines is 1. The van der Waals surface area contributed by atoms with E-state index in [1.165, 1.54) is 24.3 Å². The van der Waals surface area contributed by atoms with Gasteiger partial charge in [0.05, 0.1) is 0 Å². The van der Waals surface area contributed by atoms with Crippen LogP contribution in [0.15, 0.2) is 51.8 Å². The lowest BCUT2D eigenvalue weighted by Crippen LogP contribution is -2.42. The number of aromatic nitrogens is 1. The number of carboxylic acids is 1. The summed E-state index contributed by atoms with van der Waals surface area (Å²) in [5.41, 5.74) is 1.99. The Morgan fingerprint density at radius 2 is 1.82 bits per heavy atom. The first-order valence-electron chi connectivity index (χ1n) is 10.3. The number of carbonyl (C=O) groups excluding carboxylic acids is 1. The average Bonchev–Trinajstić information content (AvgIpc) is 3.14. The van der Waals surface area contributed by atoms with Crippen molar-refractivity contribution in [1.82, 2.24) is 10.3 Å². The van der Waals surface area contributed by atoms with Gasteiger partial charge in [-0.15, -0.1) is 0 Å². The smallest absolute Gasteiger partial charge is 0.339 e. The summed E-state index contributed by atoms with van der Waals surface area (Å²) < 4.78 is 5.26. The highest BCUT2D eigenvalue weighted by atomic mass is 16.4. The van der Waals surface area contributed by atoms with Gasteiger partial charge in [0.2, 0.25) is 5.91 Å². The number of phenols is 2. The number of H-pyrrole nitrogens is 1. The van der Waals surface area contributed by atoms with Gasteiger partial charge in [0.25, 0.3) is 0 Å². The quantitative estimate of drug-likeness (QED) is 0.271. The fraction of sp³-hybridized carbons (Fsp3) is 0.208. The van der Waals surface area contributed by atoms with Gasteiger partial charge in [-0.05, 0) is 54.8 Å². The first kappa shape index (κ1) is 21.9. The van der Waals surface area contributed by atoms with E-state index < -0.39 is 23.5 Å². The molecule has 0 fully saturated rings. The van der Waals surface area contributed by atoms with Crippen LogP contribution in [0.1, 0.15) is 23.1 Å². The van der Waals surface area contributed by atoms with Crippen LogP contribution in [0.25, 0.3) is 21.9 Å². The third-order valence-electron chi connectivity index (χ3n) is 5.68. The average molecular weight is 450 g/mol. The van der Waals surface area contributed by atoms with Gasteiger partial charge in [-0.2, -0.15) is 0 Å². The number of hydrogen-bond donors (Lipinski definition) is 5. The zero-order valence-corrected chi connectivity index (χ0v) is 17.7. The van der Waals surface area contributed by atoms with Gasteiger partial charge >= 0.3 is 11.6 Å². The number of phenolic OH excluding ortho intramolecular Hbond substituents is 2. The van der Waals surface area contributed by atoms with Crippen LogP contribution in [-0.4, -0.2) is 38.2 Å². The fourth-order valence-electron chi connectivity index (χ4n) is 3.93. The van der Waals surface area contributed by atoms with Gasteiger partial charge < -0.3 is 30.0 Å². The van der Waals surface area contributed by atoms with Gasteiger partial charge in [-0.25, -0.2) is 9.59 Å². The topological polar surface area (TPSA) is 153 Å². The zero-order chi connectivity index (χ0) is 23.7. The van der Waals surface area contributed by atoms with Gasteiger partial charge in [0.15, 0.2) is 0 Å². The molecule has 33 heavy (non-hydrogen) atoms. The molecule has 170 valence electrons. The van der Waals surface area contributed by atoms with E-state index in [0.29, 0.717) is 27.5 Å². The maximum absolute atomic E-state index is 12.5. The van der Waals surface area contributed by atoms with E-state index in [9.17, 15) is 29.7 Å². The minimum Gasteiger partial charge on any atom is -0.508 e. The van der Waals surface area contributed by atoms with E-state index in [2.05, 4.69) is 10.3 Å². The van der Waals surface area contributed by atoms with E-state index in [4.69, 9.17) is 4.42 Å². The highest BCUT2D eigenvalue weighted by Crippen LogP contribution is 2.25. The lowest BCUT2D eigenvalue weighted by Gasteiger charge is -2.15. The summed E-state index contributed by atoms with van der Waals surface area (Å²) in [6.45, 7) is 1.73. The van der Waals surface area contributed by atoms with Crippen LogP contribution in [0.3, 0.4) is 0 Å². The van der Waals surface area contributed by atoms with Crippen molar-refractivity contribution >= 4 is 33.7 Å². The number of rotatable bonds is 7. The van der Waals surface area contributed by atoms with Crippen LogP contribution < -0.4 is 10.9 Å². The molecule has 2 aromatic heterocycles. The predicted octanol–water partition coefficient (Wildman–Crippen LogP) is 2.74. The normalized spacial score (nSPS) is 12.2. The molecule has 0 spiro atoms. The highest BCUT2D eigenvalue weighted by molar-refractivity contribution is 5.88. The maximum Gasteiger partial charge on any atom is 0.339 e. The van der Waals surface area contributed by atoms with Crippen LogP contribution in [0.5, 0.6) is 11.5 Å². The highest BCUT2D eigenvalue weighted by Gasteiger charge is 2.22. The standard InChI is InChI=1S/C24H22N2O7/c1-12-16-4-2-15(28)10-21(16)33-24(32)17(12)5-7-22(29)26-20(23(30)31)8-13-11-25-19-6-3-14(27)9-18(13)19/h2-4,6,9-11,20,25,27-28H,5,7-8H2,1H3,(H,26,29)(H,30,31). The molecule has 1 amide bonds. The van der Waals surface area contributed by atoms with Gasteiger partial charge in [0, 0.05) is 47.0 Å². The number of amides is 1. The van der Waals surface area contributed by atoms with Crippen molar-refractivity contribution in [2.45, 2.75) is 32.2 Å². The maximum atomic E-state index is 12.5. The Hall–Kier alpha value is -4.27. The number of benzene rings is 2. The number of carboxylic acid groups (broad SMARTS) is 1. The molecule has 4 aromatic rings. The van der Waals surface area contributed by atoms with Gasteiger partial charge in [0.1, 0.15) is 23.1 Å². The van der Waals surface area contributed by atoms with E-state index >= 15 is 0 Å². The molecular weight excluding hydrogens is 428 g/mol. The van der Waals surface area contributed by atoms with Crippen molar-refractivity contribution in [1.29, 1.82) is 0 Å². The van der Waals surface area contributed by atoms with Crippen LogP contribution >= 0.6 is 0 Å². The number of aryl methyl sites for hydroxylation is 1. The molecule has 4 rings (SSSR count). The number of hydrogen-bond acceptors (Lipinski definition) is 6. The predicted molar refractivity (Wildman–Crippen MR) is 120 cm³/mol. The Bertz CT molecular complexity index is 1430. The Morgan fingerprint density at radius 3 is 2.58 bits per heavy atom. The summed E-state index contributed by atoms with van der Waals surface area (Å²) >= 11 is 0. The molecule has 0 bridgehead atoms. The molecule has 0 aliphatic carbocycles. The summed E-state index contributed by atoms with van der Waals surface area (Å²) in [4.78, 5) is 39.7. The number of nitrogens with one attached hydrogen (secondary N) is 2. The molecule has 9 heteroatoms. The zero-order valence-electron chi connectivity index (χ0n) is 17.7. The van der Waals surface area contributed by atoms with E-state index in [0.717, 1.165) is 5.52 Å². The van der Waals surface area contributed by atoms with E-state index in [1.807, 2.05) is 0 Å². The van der Waals surface area contributed by atoms with Crippen LogP contribution in [-0.2, 0) is 22.4 Å². The van der Waals surface area contributed by atoms with E-state index in [1.54, 1.807) is 25.3 Å². The fourth-order valence-corrected chi connectivity index (χ4v) is 3.93. The summed E-state index contributed by atoms with van der Waals surface area (Å²) in [5, 5.41) is 32.7. The summed E-state index contributed by atoms with van der Waals surface area (Å²) in [5.74, 6) is -1.69. The van der Waals surface area contributed by atoms with Crippen molar-refractivity contribution in [3.05, 3.63) is 69.7 Å². The third kappa shape index (κ3) is 4.52. The first-order valence-corrected chi connectivity index (χ1v) is 10.3. The molecule has 0 saturated carbocycles. The van der Waals surface area contributed by atoms with Gasteiger partial charge in [-0.3, -0.25) is 4.79 Å². The largest absolute Gasteiger partial charge is 0.508 e. The Labute approximate surface area is 187 Å². The summed E-state index contributed by atoms with van der Waals surface area (Å²) in [7, 11) is 0. The molecule has 1 unspecified atom stereocenters. The summed E-state index contributed by atoms with van der Waals surface area (Å²) in [6.07, 6.45) is 1.64. The first-order chi connectivity index (χ1) is 15.7. The second kappa shape index (κ2) is 8.70. The number of carbonyl (C=O) groups is 2. The third-order valence-corrected chi connectivity index (χ3v) is 5.68. The van der Waals surface area contributed by atoms with Crippen LogP contribution in [0.4, 0.5) is 0 Å². The van der Waals surface area contributed by atoms with Crippen molar-refractivity contribution in [2.75, 3.05) is 0 Å². The number of fused-ring (bicyclic) bond motifs is 2. The molecule has 9 nitrogen and oxygen atoms in total. The molecular formula is C24H22N2O7. The molecule has 0 aliphatic heterocycles. The van der Waals surface area contributed by atoms with Crippen molar-refractivity contribution in [3.63, 3.8) is 0 Å². The van der Waals surface area contributed by atoms with Crippen LogP contribution in [0.2, 0.25) is 0 Å². The number of aliphatic carboxylic acids is 1.